The van der Waals surface area contributed by atoms with Crippen LogP contribution < -0.4 is 10.1 Å². The van der Waals surface area contributed by atoms with Crippen molar-refractivity contribution in [2.75, 3.05) is 0 Å². The summed E-state index contributed by atoms with van der Waals surface area (Å²) >= 11 is 0. The molecule has 2 N–H and O–H groups in total. The summed E-state index contributed by atoms with van der Waals surface area (Å²) in [5.41, 5.74) is -0.718. The van der Waals surface area contributed by atoms with Crippen molar-refractivity contribution in [1.29, 1.82) is 0 Å². The highest BCUT2D eigenvalue weighted by atomic mass is 19.3. The van der Waals surface area contributed by atoms with E-state index in [0.717, 1.165) is 6.07 Å². The third-order valence-electron chi connectivity index (χ3n) is 2.32. The lowest BCUT2D eigenvalue weighted by molar-refractivity contribution is -0.139. The number of alkyl carbamates (subject to hydrolysis) is 1. The summed E-state index contributed by atoms with van der Waals surface area (Å²) in [5, 5.41) is 11.4. The normalized spacial score (nSPS) is 12.6. The summed E-state index contributed by atoms with van der Waals surface area (Å²) in [6.07, 6.45) is -0.930. The van der Waals surface area contributed by atoms with Crippen molar-refractivity contribution < 1.29 is 33.0 Å². The number of hydrogen-bond donors (Lipinski definition) is 2. The lowest BCUT2D eigenvalue weighted by Gasteiger charge is -2.22. The summed E-state index contributed by atoms with van der Waals surface area (Å²) in [4.78, 5) is 22.9. The largest absolute Gasteiger partial charge is 0.479 e. The van der Waals surface area contributed by atoms with Crippen LogP contribution in [0.25, 0.3) is 0 Å². The predicted octanol–water partition coefficient (Wildman–Crippen LogP) is 2.94. The van der Waals surface area contributed by atoms with Gasteiger partial charge in [-0.1, -0.05) is 12.1 Å². The molecule has 0 aliphatic carbocycles. The van der Waals surface area contributed by atoms with Gasteiger partial charge in [-0.3, -0.25) is 0 Å². The quantitative estimate of drug-likeness (QED) is 0.872. The van der Waals surface area contributed by atoms with Crippen LogP contribution in [0.4, 0.5) is 13.6 Å². The van der Waals surface area contributed by atoms with Crippen LogP contribution in [0.15, 0.2) is 24.3 Å². The molecule has 0 heterocycles. The molecule has 22 heavy (non-hydrogen) atoms. The van der Waals surface area contributed by atoms with Crippen LogP contribution in [0, 0.1) is 0 Å². The number of hydrogen-bond acceptors (Lipinski definition) is 4. The van der Waals surface area contributed by atoms with Gasteiger partial charge in [0, 0.05) is 0 Å². The van der Waals surface area contributed by atoms with Gasteiger partial charge in [0.2, 0.25) is 0 Å². The Morgan fingerprint density at radius 2 is 1.91 bits per heavy atom. The van der Waals surface area contributed by atoms with Gasteiger partial charge in [-0.15, -0.1) is 0 Å². The zero-order valence-corrected chi connectivity index (χ0v) is 12.3. The number of amides is 1. The molecule has 1 rings (SSSR count). The Morgan fingerprint density at radius 3 is 2.41 bits per heavy atom. The van der Waals surface area contributed by atoms with Gasteiger partial charge in [0.1, 0.15) is 11.4 Å². The average molecular weight is 317 g/mol. The molecule has 1 amide bonds. The van der Waals surface area contributed by atoms with E-state index in [1.165, 1.54) is 18.2 Å². The number of carbonyl (C=O) groups is 2. The molecular formula is C14H17F2NO5. The Bertz CT molecular complexity index is 542. The molecule has 1 atom stereocenters. The summed E-state index contributed by atoms with van der Waals surface area (Å²) < 4.78 is 33.5. The van der Waals surface area contributed by atoms with E-state index in [9.17, 15) is 23.5 Å². The van der Waals surface area contributed by atoms with Crippen LogP contribution in [-0.4, -0.2) is 29.4 Å². The Labute approximate surface area is 126 Å². The lowest BCUT2D eigenvalue weighted by atomic mass is 10.1. The van der Waals surface area contributed by atoms with Gasteiger partial charge in [-0.25, -0.2) is 9.59 Å². The molecule has 6 nitrogen and oxygen atoms in total. The van der Waals surface area contributed by atoms with E-state index in [2.05, 4.69) is 10.1 Å². The van der Waals surface area contributed by atoms with E-state index in [-0.39, 0.29) is 11.3 Å². The fraction of sp³-hybridized carbons (Fsp3) is 0.429. The van der Waals surface area contributed by atoms with Gasteiger partial charge in [0.05, 0.1) is 0 Å². The molecule has 1 unspecified atom stereocenters. The highest BCUT2D eigenvalue weighted by Crippen LogP contribution is 2.21. The van der Waals surface area contributed by atoms with Crippen molar-refractivity contribution in [1.82, 2.24) is 5.32 Å². The monoisotopic (exact) mass is 317 g/mol. The van der Waals surface area contributed by atoms with Gasteiger partial charge in [0.25, 0.3) is 0 Å². The van der Waals surface area contributed by atoms with Gasteiger partial charge >= 0.3 is 18.7 Å². The van der Waals surface area contributed by atoms with Crippen molar-refractivity contribution >= 4 is 12.1 Å². The molecule has 0 bridgehead atoms. The maximum atomic E-state index is 12.2. The summed E-state index contributed by atoms with van der Waals surface area (Å²) in [6, 6.07) is 3.63. The van der Waals surface area contributed by atoms with Crippen LogP contribution in [0.1, 0.15) is 32.4 Å². The van der Waals surface area contributed by atoms with Gasteiger partial charge in [-0.2, -0.15) is 8.78 Å². The zero-order chi connectivity index (χ0) is 16.9. The molecule has 0 spiro atoms. The molecule has 1 aromatic rings. The number of nitrogens with one attached hydrogen (secondary N) is 1. The summed E-state index contributed by atoms with van der Waals surface area (Å²) in [7, 11) is 0. The van der Waals surface area contributed by atoms with Crippen LogP contribution in [0.2, 0.25) is 0 Å². The number of carboxylic acid groups (broad SMARTS) is 1. The Balaban J connectivity index is 2.92. The highest BCUT2D eigenvalue weighted by molar-refractivity contribution is 5.81. The van der Waals surface area contributed by atoms with E-state index in [0.29, 0.717) is 0 Å². The van der Waals surface area contributed by atoms with E-state index < -0.39 is 30.3 Å². The molecule has 0 aliphatic rings. The highest BCUT2D eigenvalue weighted by Gasteiger charge is 2.25. The van der Waals surface area contributed by atoms with Crippen molar-refractivity contribution in [3.05, 3.63) is 29.8 Å². The molecule has 122 valence electrons. The first-order valence-electron chi connectivity index (χ1n) is 6.35. The zero-order valence-electron chi connectivity index (χ0n) is 12.3. The number of rotatable bonds is 5. The number of benzene rings is 1. The molecule has 0 aliphatic heterocycles. The lowest BCUT2D eigenvalue weighted by Crippen LogP contribution is -2.38. The maximum absolute atomic E-state index is 12.2. The minimum Gasteiger partial charge on any atom is -0.479 e. The number of halogens is 2. The first kappa shape index (κ1) is 17.7. The predicted molar refractivity (Wildman–Crippen MR) is 72.8 cm³/mol. The van der Waals surface area contributed by atoms with Gasteiger partial charge < -0.3 is 19.9 Å². The van der Waals surface area contributed by atoms with Crippen molar-refractivity contribution in [3.63, 3.8) is 0 Å². The second-order valence-corrected chi connectivity index (χ2v) is 5.37. The SMILES string of the molecule is CC(C)(C)OC(=O)NC(C(=O)O)c1cccc(OC(F)F)c1. The van der Waals surface area contributed by atoms with Gasteiger partial charge in [-0.05, 0) is 38.5 Å². The fourth-order valence-electron chi connectivity index (χ4n) is 1.58. The molecule has 0 saturated heterocycles. The second-order valence-electron chi connectivity index (χ2n) is 5.37. The number of ether oxygens (including phenoxy) is 2. The number of carbonyl (C=O) groups excluding carboxylic acids is 1. The molecule has 1 aromatic carbocycles. The minimum absolute atomic E-state index is 0.0801. The molecule has 0 aromatic heterocycles. The van der Waals surface area contributed by atoms with Crippen molar-refractivity contribution in [2.45, 2.75) is 39.0 Å². The number of alkyl halides is 2. The van der Waals surface area contributed by atoms with Gasteiger partial charge in [0.15, 0.2) is 6.04 Å². The van der Waals surface area contributed by atoms with Crippen LogP contribution in [0.5, 0.6) is 5.75 Å². The molecular weight excluding hydrogens is 300 g/mol. The van der Waals surface area contributed by atoms with Crippen LogP contribution in [0.3, 0.4) is 0 Å². The maximum Gasteiger partial charge on any atom is 0.408 e. The summed E-state index contributed by atoms with van der Waals surface area (Å²) in [5.74, 6) is -1.57. The third-order valence-corrected chi connectivity index (χ3v) is 2.32. The molecule has 0 saturated carbocycles. The van der Waals surface area contributed by atoms with Crippen LogP contribution in [-0.2, 0) is 9.53 Å². The van der Waals surface area contributed by atoms with Crippen molar-refractivity contribution in [3.8, 4) is 5.75 Å². The number of aliphatic carboxylic acids is 1. The van der Waals surface area contributed by atoms with E-state index in [1.54, 1.807) is 20.8 Å². The van der Waals surface area contributed by atoms with E-state index in [1.807, 2.05) is 0 Å². The van der Waals surface area contributed by atoms with E-state index in [4.69, 9.17) is 4.74 Å². The summed E-state index contributed by atoms with van der Waals surface area (Å²) in [6.45, 7) is 1.84. The van der Waals surface area contributed by atoms with E-state index >= 15 is 0 Å². The molecule has 0 fully saturated rings. The first-order chi connectivity index (χ1) is 10.1. The molecule has 8 heteroatoms. The Kier molecular flexibility index (Phi) is 5.67. The van der Waals surface area contributed by atoms with Crippen LogP contribution >= 0.6 is 0 Å². The minimum atomic E-state index is -3.03. The standard InChI is InChI=1S/C14H17F2NO5/c1-14(2,3)22-13(20)17-10(11(18)19)8-5-4-6-9(7-8)21-12(15)16/h4-7,10,12H,1-3H3,(H,17,20)(H,18,19). The Hall–Kier alpha value is -2.38. The average Bonchev–Trinajstić information content (AvgIpc) is 2.33. The third kappa shape index (κ3) is 5.94. The van der Waals surface area contributed by atoms with Crippen molar-refractivity contribution in [2.24, 2.45) is 0 Å². The first-order valence-corrected chi connectivity index (χ1v) is 6.35. The topological polar surface area (TPSA) is 84.9 Å². The number of carboxylic acids is 1. The molecule has 0 radical (unpaired) electrons. The Morgan fingerprint density at radius 1 is 1.27 bits per heavy atom. The second kappa shape index (κ2) is 7.06. The smallest absolute Gasteiger partial charge is 0.408 e. The fourth-order valence-corrected chi connectivity index (χ4v) is 1.58.